The molecule has 0 radical (unpaired) electrons. The number of rotatable bonds is 37. The van der Waals surface area contributed by atoms with Crippen LogP contribution in [0.3, 0.4) is 0 Å². The lowest BCUT2D eigenvalue weighted by molar-refractivity contribution is -0.163. The van der Waals surface area contributed by atoms with E-state index in [9.17, 15) is 47.7 Å². The van der Waals surface area contributed by atoms with E-state index in [1.54, 1.807) is 23.1 Å². The molecule has 0 saturated heterocycles. The number of fused-ring (bicyclic) bond motifs is 1. The van der Waals surface area contributed by atoms with Crippen molar-refractivity contribution in [2.45, 2.75) is 201 Å². The molecular weight excluding hydrogens is 1320 g/mol. The van der Waals surface area contributed by atoms with Crippen molar-refractivity contribution < 1.29 is 84.4 Å². The number of ketones is 3. The number of ether oxygens (including phenoxy) is 5. The number of unbranched alkanes of at least 4 members (excludes halogenated alkanes) is 3. The van der Waals surface area contributed by atoms with E-state index in [-0.39, 0.29) is 56.0 Å². The van der Waals surface area contributed by atoms with Crippen LogP contribution in [0.15, 0.2) is 95.8 Å². The van der Waals surface area contributed by atoms with Crippen LogP contribution in [0.5, 0.6) is 0 Å². The topological polar surface area (TPSA) is 286 Å². The Bertz CT molecular complexity index is 3890. The first-order valence-corrected chi connectivity index (χ1v) is 36.5. The second-order valence-electron chi connectivity index (χ2n) is 28.6. The number of para-hydroxylation sites is 1. The maximum absolute atomic E-state index is 16.3. The number of imidazole rings is 1. The number of anilines is 1. The molecule has 3 amide bonds. The second kappa shape index (κ2) is 35.4. The standard InChI is InChI=1S/C76H98F2N5O17P/c1-49(54-28-30-58(31-29-54)76(77,78)101(93,99-47-97-71(90)74(3,4)5)100-48-98-72(91)75(6,7)8)41-60(85)43-57-27-26-55-19-14-20-56-44-65(83(68(55)56)70(57)89)69(88)80-61(33-36-67(79)87)50(2)96-46-53-23-21-51(22-24-53)17-15-39-94-37-12-10-11-13-38-95-40-16-18-52-25-34-62-64(42-52)81(9)73(92)82(62)63-35-32-59(84)45-66(63)86/h14,19-25,28-31,34,41-42,50,57,61,63,65H,10-13,15-18,26-27,32-33,35-40,43-48H2,1-9H3,(H2,79,87)(H,80,88)/b49-41+/t50-,57-,61+,63?,65+/m1/s1. The number of hydrogen-bond donors (Lipinski definition) is 2. The van der Waals surface area contributed by atoms with Crippen molar-refractivity contribution >= 4 is 76.9 Å². The highest BCUT2D eigenvalue weighted by Gasteiger charge is 2.56. The third kappa shape index (κ3) is 20.9. The minimum absolute atomic E-state index is 0.0354. The molecule has 8 rings (SSSR count). The van der Waals surface area contributed by atoms with Crippen molar-refractivity contribution in [3.8, 4) is 0 Å². The van der Waals surface area contributed by atoms with Crippen LogP contribution in [0.4, 0.5) is 14.5 Å². The molecule has 5 aromatic rings. The molecule has 1 fully saturated rings. The molecule has 1 saturated carbocycles. The van der Waals surface area contributed by atoms with Crippen molar-refractivity contribution in [2.75, 3.05) is 44.9 Å². The molecule has 1 unspecified atom stereocenters. The normalized spacial score (nSPS) is 17.4. The Labute approximate surface area is 589 Å². The molecule has 4 aromatic carbocycles. The van der Waals surface area contributed by atoms with E-state index in [0.717, 1.165) is 96.8 Å². The van der Waals surface area contributed by atoms with E-state index in [0.29, 0.717) is 74.5 Å². The first-order chi connectivity index (χ1) is 47.9. The predicted octanol–water partition coefficient (Wildman–Crippen LogP) is 12.0. The van der Waals surface area contributed by atoms with Gasteiger partial charge in [0.25, 0.3) is 0 Å². The van der Waals surface area contributed by atoms with Gasteiger partial charge in [0, 0.05) is 70.6 Å². The van der Waals surface area contributed by atoms with Gasteiger partial charge in [0.05, 0.1) is 58.8 Å². The average Bonchev–Trinajstić information content (AvgIpc) is 1.65. The van der Waals surface area contributed by atoms with Gasteiger partial charge in [0.15, 0.2) is 11.6 Å². The summed E-state index contributed by atoms with van der Waals surface area (Å²) >= 11 is 0. The number of halogens is 2. The molecule has 3 aliphatic rings. The number of hydrogen-bond acceptors (Lipinski definition) is 17. The number of benzene rings is 4. The summed E-state index contributed by atoms with van der Waals surface area (Å²) in [6, 6.07) is 21.9. The number of allylic oxidation sites excluding steroid dienone is 2. The number of esters is 2. The average molecular weight is 1420 g/mol. The van der Waals surface area contributed by atoms with Gasteiger partial charge in [-0.15, -0.1) is 0 Å². The highest BCUT2D eigenvalue weighted by Crippen LogP contribution is 2.67. The van der Waals surface area contributed by atoms with Crippen LogP contribution < -0.4 is 21.6 Å². The van der Waals surface area contributed by atoms with Crippen LogP contribution in [0.1, 0.15) is 184 Å². The molecular formula is C76H98F2N5O17P. The Morgan fingerprint density at radius 1 is 0.723 bits per heavy atom. The summed E-state index contributed by atoms with van der Waals surface area (Å²) in [5.74, 6) is -4.63. The van der Waals surface area contributed by atoms with Crippen molar-refractivity contribution in [1.82, 2.24) is 14.5 Å². The molecule has 548 valence electrons. The number of alkyl halides is 2. The minimum Gasteiger partial charge on any atom is -0.438 e. The van der Waals surface area contributed by atoms with Gasteiger partial charge in [-0.1, -0.05) is 85.6 Å². The summed E-state index contributed by atoms with van der Waals surface area (Å²) in [5, 5.41) is 3.09. The largest absolute Gasteiger partial charge is 0.438 e. The summed E-state index contributed by atoms with van der Waals surface area (Å²) in [7, 11) is -3.88. The lowest BCUT2D eigenvalue weighted by Gasteiger charge is -2.31. The SMILES string of the molecule is C/C(=C\C(=O)C[C@H]1CCc2cccc3c2N(C1=O)[C@H](C(=O)N[C@@H](CCC(N)=O)[C@@H](C)OCc1ccc(CCCOCCCCCCOCCCc2ccc4c(c2)n(C)c(=O)n4C2CCC(=O)CC2=O)cc1)C3)c1ccc(C(F)(F)P(=O)(OCOC(=O)C(C)(C)C)OCOC(=O)C(C)(C)C)cc1. The van der Waals surface area contributed by atoms with E-state index in [2.05, 4.69) is 17.4 Å². The zero-order valence-corrected chi connectivity index (χ0v) is 60.5. The smallest absolute Gasteiger partial charge is 0.410 e. The summed E-state index contributed by atoms with van der Waals surface area (Å²) < 4.78 is 87.7. The molecule has 1 aromatic heterocycles. The fraction of sp³-hybridized carbons (Fsp3) is 0.539. The number of nitrogens with two attached hydrogens (primary N) is 1. The van der Waals surface area contributed by atoms with E-state index in [1.807, 2.05) is 55.5 Å². The van der Waals surface area contributed by atoms with Crippen LogP contribution in [0.25, 0.3) is 16.6 Å². The molecule has 3 heterocycles. The van der Waals surface area contributed by atoms with Crippen LogP contribution in [-0.4, -0.2) is 114 Å². The van der Waals surface area contributed by atoms with Crippen LogP contribution in [0, 0.1) is 16.7 Å². The number of nitrogens with zero attached hydrogens (tertiary/aromatic N) is 3. The van der Waals surface area contributed by atoms with Gasteiger partial charge >= 0.3 is 30.9 Å². The van der Waals surface area contributed by atoms with Crippen molar-refractivity contribution in [3.05, 3.63) is 140 Å². The number of amides is 3. The van der Waals surface area contributed by atoms with Gasteiger partial charge in [-0.2, -0.15) is 8.78 Å². The Kier molecular flexibility index (Phi) is 27.6. The molecule has 0 bridgehead atoms. The Morgan fingerprint density at radius 2 is 1.31 bits per heavy atom. The van der Waals surface area contributed by atoms with Crippen molar-refractivity contribution in [2.24, 2.45) is 29.5 Å². The number of aryl methyl sites for hydroxylation is 4. The molecule has 22 nitrogen and oxygen atoms in total. The number of primary amides is 1. The van der Waals surface area contributed by atoms with Crippen LogP contribution >= 0.6 is 7.60 Å². The zero-order chi connectivity index (χ0) is 73.4. The first-order valence-electron chi connectivity index (χ1n) is 34.9. The summed E-state index contributed by atoms with van der Waals surface area (Å²) in [6.07, 6.45) is 9.49. The lowest BCUT2D eigenvalue weighted by atomic mass is 9.92. The van der Waals surface area contributed by atoms with E-state index < -0.39 is 109 Å². The Hall–Kier alpha value is -7.86. The zero-order valence-electron chi connectivity index (χ0n) is 59.6. The van der Waals surface area contributed by atoms with Gasteiger partial charge in [0.1, 0.15) is 11.8 Å². The number of nitrogens with one attached hydrogen (secondary N) is 1. The summed E-state index contributed by atoms with van der Waals surface area (Å²) in [5.41, 5.74) is 5.70. The van der Waals surface area contributed by atoms with Crippen LogP contribution in [0.2, 0.25) is 0 Å². The molecule has 5 atom stereocenters. The Morgan fingerprint density at radius 3 is 1.91 bits per heavy atom. The summed E-state index contributed by atoms with van der Waals surface area (Å²) in [6.45, 7) is 13.1. The number of Topliss-reactive ketones (excluding diaryl/α,β-unsaturated/α-hetero) is 2. The van der Waals surface area contributed by atoms with Crippen LogP contribution in [-0.2, 0) is 121 Å². The van der Waals surface area contributed by atoms with E-state index in [4.69, 9.17) is 38.5 Å². The maximum Gasteiger partial charge on any atom is 0.410 e. The highest BCUT2D eigenvalue weighted by molar-refractivity contribution is 7.54. The van der Waals surface area contributed by atoms with Crippen molar-refractivity contribution in [1.29, 1.82) is 0 Å². The van der Waals surface area contributed by atoms with Gasteiger partial charge in [-0.05, 0) is 177 Å². The van der Waals surface area contributed by atoms with Gasteiger partial charge in [0.2, 0.25) is 31.3 Å². The van der Waals surface area contributed by atoms with Gasteiger partial charge in [-0.25, -0.2) is 4.79 Å². The van der Waals surface area contributed by atoms with E-state index >= 15 is 8.78 Å². The minimum atomic E-state index is -5.59. The number of aromatic nitrogens is 2. The van der Waals surface area contributed by atoms with Gasteiger partial charge in [-0.3, -0.25) is 66.0 Å². The molecule has 25 heteroatoms. The maximum atomic E-state index is 16.3. The highest BCUT2D eigenvalue weighted by atomic mass is 31.2. The third-order valence-corrected chi connectivity index (χ3v) is 20.4. The molecule has 1 aliphatic carbocycles. The molecule has 101 heavy (non-hydrogen) atoms. The quantitative estimate of drug-likeness (QED) is 0.00933. The lowest BCUT2D eigenvalue weighted by Crippen LogP contribution is -2.54. The Balaban J connectivity index is 0.757. The number of carbonyl (C=O) groups excluding carboxylic acids is 8. The monoisotopic (exact) mass is 1420 g/mol. The third-order valence-electron chi connectivity index (χ3n) is 18.6. The van der Waals surface area contributed by atoms with E-state index in [1.165, 1.54) is 64.7 Å². The molecule has 0 spiro atoms. The number of carbonyl (C=O) groups is 8. The fourth-order valence-electron chi connectivity index (χ4n) is 12.6. The molecule has 3 N–H and O–H groups in total. The van der Waals surface area contributed by atoms with Gasteiger partial charge < -0.3 is 34.7 Å². The first kappa shape index (κ1) is 78.9. The second-order valence-corrected chi connectivity index (χ2v) is 30.7. The fourth-order valence-corrected chi connectivity index (χ4v) is 13.9. The molecule has 2 aliphatic heterocycles. The summed E-state index contributed by atoms with van der Waals surface area (Å²) in [4.78, 5) is 119. The predicted molar refractivity (Wildman–Crippen MR) is 375 cm³/mol. The van der Waals surface area contributed by atoms with Crippen molar-refractivity contribution in [3.63, 3.8) is 0 Å².